The Labute approximate surface area is 111 Å². The quantitative estimate of drug-likeness (QED) is 0.571. The molecule has 0 fully saturated rings. The number of methoxy groups -OCH3 is 1. The normalized spacial score (nSPS) is 7.14. The van der Waals surface area contributed by atoms with Crippen LogP contribution in [0.5, 0.6) is 0 Å². The molecule has 0 aliphatic carbocycles. The molecule has 0 aliphatic rings. The molecule has 5 heteroatoms. The number of carbonyl (C=O) groups is 2. The average molecular weight is 277 g/mol. The third-order valence-corrected chi connectivity index (χ3v) is 0.942. The van der Waals surface area contributed by atoms with E-state index < -0.39 is 11.9 Å². The van der Waals surface area contributed by atoms with Crippen LogP contribution in [0.25, 0.3) is 0 Å². The molecule has 0 saturated carbocycles. The first kappa shape index (κ1) is 19.5. The molecule has 0 spiro atoms. The van der Waals surface area contributed by atoms with Gasteiger partial charge in [0.05, 0.1) is 13.7 Å². The van der Waals surface area contributed by atoms with Crippen molar-refractivity contribution in [3.05, 3.63) is 13.3 Å². The van der Waals surface area contributed by atoms with Gasteiger partial charge in [-0.3, -0.25) is 16.0 Å². The summed E-state index contributed by atoms with van der Waals surface area (Å²) in [6.07, 6.45) is 1.11. The fourth-order valence-electron chi connectivity index (χ4n) is 0.470. The summed E-state index contributed by atoms with van der Waals surface area (Å²) in [5, 5.41) is 0. The molecule has 0 saturated heterocycles. The molecule has 0 N–H and O–H groups in total. The molecular weight excluding hydrogens is 261 g/mol. The molecule has 0 aliphatic heterocycles. The van der Waals surface area contributed by atoms with Crippen LogP contribution in [-0.4, -0.2) is 25.7 Å². The molecule has 0 heterocycles. The first-order chi connectivity index (χ1) is 6.20. The van der Waals surface area contributed by atoms with Gasteiger partial charge in [0.15, 0.2) is 5.97 Å². The minimum absolute atomic E-state index is 0. The molecule has 0 amide bonds. The second-order valence-corrected chi connectivity index (χ2v) is 1.74. The van der Waals surface area contributed by atoms with Gasteiger partial charge in [-0.1, -0.05) is 6.42 Å². The van der Waals surface area contributed by atoms with E-state index in [-0.39, 0.29) is 39.1 Å². The van der Waals surface area contributed by atoms with Crippen LogP contribution in [0.2, 0.25) is 0 Å². The second kappa shape index (κ2) is 15.4. The second-order valence-electron chi connectivity index (χ2n) is 1.74. The summed E-state index contributed by atoms with van der Waals surface area (Å²) < 4.78 is 8.84. The summed E-state index contributed by atoms with van der Waals surface area (Å²) in [7, 11) is 1.25. The molecule has 1 radical (unpaired) electrons. The zero-order valence-corrected chi connectivity index (χ0v) is 11.7. The van der Waals surface area contributed by atoms with Gasteiger partial charge < -0.3 is 16.4 Å². The standard InChI is InChI=1S/C7H11O4.C2H5.Y/c1-3-11-7(9)5-4-6(8)10-2;1-2;/h4H,3,5H2,1-2H3;1H2,2H3;/q2*-1;. The monoisotopic (exact) mass is 277 g/mol. The minimum atomic E-state index is -0.516. The van der Waals surface area contributed by atoms with Gasteiger partial charge in [-0.2, -0.15) is 6.92 Å². The zero-order valence-electron chi connectivity index (χ0n) is 8.91. The molecule has 4 nitrogen and oxygen atoms in total. The molecule has 14 heavy (non-hydrogen) atoms. The van der Waals surface area contributed by atoms with Crippen molar-refractivity contribution in [3.8, 4) is 0 Å². The zero-order chi connectivity index (χ0) is 10.7. The summed E-state index contributed by atoms with van der Waals surface area (Å²) in [6.45, 7) is 7.03. The average Bonchev–Trinajstić information content (AvgIpc) is 2.18. The van der Waals surface area contributed by atoms with Crippen molar-refractivity contribution < 1.29 is 51.8 Å². The van der Waals surface area contributed by atoms with Crippen LogP contribution in [0.1, 0.15) is 20.3 Å². The maximum absolute atomic E-state index is 10.6. The van der Waals surface area contributed by atoms with Gasteiger partial charge in [-0.25, -0.2) is 0 Å². The summed E-state index contributed by atoms with van der Waals surface area (Å²) in [4.78, 5) is 21.0. The fraction of sp³-hybridized carbons (Fsp3) is 0.556. The largest absolute Gasteiger partial charge is 0.491 e. The Morgan fingerprint density at radius 3 is 2.21 bits per heavy atom. The van der Waals surface area contributed by atoms with Crippen molar-refractivity contribution in [2.24, 2.45) is 0 Å². The summed E-state index contributed by atoms with van der Waals surface area (Å²) in [5.41, 5.74) is 0. The van der Waals surface area contributed by atoms with Gasteiger partial charge >= 0.3 is 0 Å². The van der Waals surface area contributed by atoms with Crippen molar-refractivity contribution in [3.63, 3.8) is 0 Å². The summed E-state index contributed by atoms with van der Waals surface area (Å²) in [5.74, 6) is -0.934. The molecule has 0 bridgehead atoms. The van der Waals surface area contributed by atoms with Gasteiger partial charge in [0.2, 0.25) is 0 Å². The number of hydrogen-bond donors (Lipinski definition) is 0. The Kier molecular flexibility index (Phi) is 21.4. The van der Waals surface area contributed by atoms with Crippen LogP contribution in [0.15, 0.2) is 0 Å². The predicted octanol–water partition coefficient (Wildman–Crippen LogP) is 1.15. The Hall–Kier alpha value is -0.0861. The molecule has 0 aromatic carbocycles. The van der Waals surface area contributed by atoms with E-state index >= 15 is 0 Å². The van der Waals surface area contributed by atoms with Crippen LogP contribution >= 0.6 is 0 Å². The topological polar surface area (TPSA) is 52.6 Å². The third kappa shape index (κ3) is 14.4. The minimum Gasteiger partial charge on any atom is -0.491 e. The first-order valence-corrected chi connectivity index (χ1v) is 3.98. The van der Waals surface area contributed by atoms with Crippen LogP contribution < -0.4 is 0 Å². The molecule has 81 valence electrons. The van der Waals surface area contributed by atoms with Crippen molar-refractivity contribution >= 4 is 11.9 Å². The number of hydrogen-bond acceptors (Lipinski definition) is 4. The van der Waals surface area contributed by atoms with E-state index in [1.165, 1.54) is 7.11 Å². The van der Waals surface area contributed by atoms with E-state index in [0.717, 1.165) is 6.42 Å². The van der Waals surface area contributed by atoms with E-state index in [1.54, 1.807) is 13.8 Å². The Bertz CT molecular complexity index is 148. The molecule has 0 unspecified atom stereocenters. The predicted molar refractivity (Wildman–Crippen MR) is 48.6 cm³/mol. The van der Waals surface area contributed by atoms with Gasteiger partial charge in [0, 0.05) is 32.7 Å². The molecular formula is C9H16O4Y-2. The van der Waals surface area contributed by atoms with Crippen LogP contribution in [0.4, 0.5) is 0 Å². The Morgan fingerprint density at radius 2 is 1.86 bits per heavy atom. The SMILES string of the molecule is CCOC(=O)C[CH-]C(=O)OC.[CH2-]C.[Y]. The van der Waals surface area contributed by atoms with Gasteiger partial charge in [-0.15, -0.1) is 0 Å². The van der Waals surface area contributed by atoms with Crippen molar-refractivity contribution in [1.29, 1.82) is 0 Å². The summed E-state index contributed by atoms with van der Waals surface area (Å²) >= 11 is 0. The number of ether oxygens (including phenoxy) is 2. The van der Waals surface area contributed by atoms with E-state index in [2.05, 4.69) is 16.4 Å². The van der Waals surface area contributed by atoms with Gasteiger partial charge in [0.1, 0.15) is 0 Å². The maximum atomic E-state index is 10.6. The van der Waals surface area contributed by atoms with Crippen molar-refractivity contribution in [2.45, 2.75) is 20.3 Å². The van der Waals surface area contributed by atoms with E-state index in [4.69, 9.17) is 0 Å². The first-order valence-electron chi connectivity index (χ1n) is 3.98. The molecule has 0 rings (SSSR count). The number of carbonyl (C=O) groups excluding carboxylic acids is 2. The van der Waals surface area contributed by atoms with E-state index in [1.807, 2.05) is 0 Å². The number of rotatable bonds is 4. The van der Waals surface area contributed by atoms with Crippen LogP contribution in [0, 0.1) is 13.3 Å². The van der Waals surface area contributed by atoms with Gasteiger partial charge in [0.25, 0.3) is 5.97 Å². The molecule has 0 aromatic heterocycles. The van der Waals surface area contributed by atoms with Gasteiger partial charge in [-0.05, 0) is 6.92 Å². The van der Waals surface area contributed by atoms with Crippen LogP contribution in [-0.2, 0) is 51.8 Å². The fourth-order valence-corrected chi connectivity index (χ4v) is 0.470. The molecule has 0 aromatic rings. The van der Waals surface area contributed by atoms with E-state index in [0.29, 0.717) is 6.61 Å². The maximum Gasteiger partial charge on any atom is 0.278 e. The molecule has 0 atom stereocenters. The number of esters is 2. The van der Waals surface area contributed by atoms with Crippen molar-refractivity contribution in [2.75, 3.05) is 13.7 Å². The Morgan fingerprint density at radius 1 is 1.36 bits per heavy atom. The summed E-state index contributed by atoms with van der Waals surface area (Å²) in [6, 6.07) is 0. The van der Waals surface area contributed by atoms with Crippen LogP contribution in [0.3, 0.4) is 0 Å². The third-order valence-electron chi connectivity index (χ3n) is 0.942. The van der Waals surface area contributed by atoms with Crippen molar-refractivity contribution in [1.82, 2.24) is 0 Å². The van der Waals surface area contributed by atoms with E-state index in [9.17, 15) is 9.59 Å². The Balaban J connectivity index is -0.000000376. The smallest absolute Gasteiger partial charge is 0.278 e.